The number of amides is 1. The number of anilines is 1. The molecule has 0 saturated carbocycles. The number of likely N-dealkylation sites (tertiary alicyclic amines) is 1. The Bertz CT molecular complexity index is 1000. The maximum absolute atomic E-state index is 12.9. The number of rotatable bonds is 2. The summed E-state index contributed by atoms with van der Waals surface area (Å²) in [6.07, 6.45) is 3.43. The van der Waals surface area contributed by atoms with Crippen molar-refractivity contribution in [1.82, 2.24) is 14.9 Å². The van der Waals surface area contributed by atoms with E-state index in [2.05, 4.69) is 9.88 Å². The maximum atomic E-state index is 12.9. The molecule has 2 aliphatic heterocycles. The molecule has 1 amide bonds. The first-order valence-electron chi connectivity index (χ1n) is 10.9. The fraction of sp³-hybridized carbons (Fsp3) is 0.522. The van der Waals surface area contributed by atoms with E-state index in [9.17, 15) is 9.59 Å². The Morgan fingerprint density at radius 1 is 1.07 bits per heavy atom. The highest BCUT2D eigenvalue weighted by Gasteiger charge is 2.45. The van der Waals surface area contributed by atoms with Gasteiger partial charge in [-0.3, -0.25) is 14.6 Å². The second-order valence-corrected chi connectivity index (χ2v) is 8.75. The van der Waals surface area contributed by atoms with Crippen molar-refractivity contribution < 1.29 is 9.53 Å². The number of hydrogen-bond acceptors (Lipinski definition) is 5. The van der Waals surface area contributed by atoms with E-state index in [4.69, 9.17) is 9.72 Å². The number of nitrogens with zero attached hydrogens (tertiary/aromatic N) is 3. The van der Waals surface area contributed by atoms with E-state index < -0.39 is 0 Å². The Kier molecular flexibility index (Phi) is 4.85. The third kappa shape index (κ3) is 3.31. The van der Waals surface area contributed by atoms with Gasteiger partial charge < -0.3 is 14.5 Å². The van der Waals surface area contributed by atoms with E-state index in [1.807, 2.05) is 36.1 Å². The number of morpholine rings is 1. The van der Waals surface area contributed by atoms with Crippen LogP contribution in [0.3, 0.4) is 0 Å². The number of hydrogen-bond donors (Lipinski definition) is 1. The summed E-state index contributed by atoms with van der Waals surface area (Å²) in [6.45, 7) is 6.22. The van der Waals surface area contributed by atoms with E-state index in [1.54, 1.807) is 0 Å². The van der Waals surface area contributed by atoms with Gasteiger partial charge in [0.05, 0.1) is 18.9 Å². The Hall–Kier alpha value is -2.67. The number of nitrogens with one attached hydrogen (secondary N) is 1. The Labute approximate surface area is 176 Å². The molecule has 1 N–H and O–H groups in total. The quantitative estimate of drug-likeness (QED) is 0.823. The standard InChI is InChI=1S/C23H28N4O3/c1-16-2-4-17(5-3-16)21(29)26-10-8-23(9-11-26)7-6-18-19(23)24-22(25-20(18)28)27-12-14-30-15-13-27/h2-5H,6-15H2,1H3,(H,24,25,28). The van der Waals surface area contributed by atoms with Gasteiger partial charge in [0.2, 0.25) is 5.95 Å². The van der Waals surface area contributed by atoms with E-state index >= 15 is 0 Å². The van der Waals surface area contributed by atoms with E-state index in [0.29, 0.717) is 32.3 Å². The average Bonchev–Trinajstić information content (AvgIpc) is 3.13. The minimum absolute atomic E-state index is 0.00321. The van der Waals surface area contributed by atoms with Crippen LogP contribution in [0.1, 0.15) is 46.4 Å². The predicted octanol–water partition coefficient (Wildman–Crippen LogP) is 2.04. The number of aryl methyl sites for hydroxylation is 1. The van der Waals surface area contributed by atoms with Crippen LogP contribution in [-0.4, -0.2) is 60.2 Å². The molecule has 7 heteroatoms. The topological polar surface area (TPSA) is 78.5 Å². The fourth-order valence-electron chi connectivity index (χ4n) is 5.07. The van der Waals surface area contributed by atoms with Gasteiger partial charge in [-0.1, -0.05) is 17.7 Å². The third-order valence-electron chi connectivity index (χ3n) is 6.98. The zero-order valence-corrected chi connectivity index (χ0v) is 17.4. The van der Waals surface area contributed by atoms with Crippen LogP contribution in [-0.2, 0) is 16.6 Å². The van der Waals surface area contributed by atoms with Crippen LogP contribution < -0.4 is 10.5 Å². The van der Waals surface area contributed by atoms with Gasteiger partial charge in [0.1, 0.15) is 0 Å². The molecule has 1 aromatic carbocycles. The summed E-state index contributed by atoms with van der Waals surface area (Å²) in [5.74, 6) is 0.762. The maximum Gasteiger partial charge on any atom is 0.255 e. The lowest BCUT2D eigenvalue weighted by atomic mass is 9.76. The molecule has 0 bridgehead atoms. The molecule has 3 heterocycles. The monoisotopic (exact) mass is 408 g/mol. The first kappa shape index (κ1) is 19.3. The summed E-state index contributed by atoms with van der Waals surface area (Å²) >= 11 is 0. The molecule has 1 spiro atoms. The van der Waals surface area contributed by atoms with Crippen LogP contribution in [0.25, 0.3) is 0 Å². The van der Waals surface area contributed by atoms with Gasteiger partial charge in [-0.25, -0.2) is 4.98 Å². The lowest BCUT2D eigenvalue weighted by Crippen LogP contribution is -2.45. The number of carbonyl (C=O) groups is 1. The number of carbonyl (C=O) groups excluding carboxylic acids is 1. The van der Waals surface area contributed by atoms with Gasteiger partial charge in [-0.15, -0.1) is 0 Å². The van der Waals surface area contributed by atoms with Crippen molar-refractivity contribution in [3.63, 3.8) is 0 Å². The summed E-state index contributed by atoms with van der Waals surface area (Å²) in [7, 11) is 0. The fourth-order valence-corrected chi connectivity index (χ4v) is 5.07. The molecular weight excluding hydrogens is 380 g/mol. The Balaban J connectivity index is 1.37. The number of aromatic nitrogens is 2. The molecule has 2 fully saturated rings. The number of fused-ring (bicyclic) bond motifs is 2. The molecule has 1 aliphatic carbocycles. The van der Waals surface area contributed by atoms with Crippen molar-refractivity contribution in [2.75, 3.05) is 44.3 Å². The molecule has 0 atom stereocenters. The van der Waals surface area contributed by atoms with Crippen LogP contribution in [0.15, 0.2) is 29.1 Å². The molecule has 1 aromatic heterocycles. The van der Waals surface area contributed by atoms with Crippen molar-refractivity contribution in [3.8, 4) is 0 Å². The Morgan fingerprint density at radius 3 is 2.47 bits per heavy atom. The highest BCUT2D eigenvalue weighted by atomic mass is 16.5. The number of aromatic amines is 1. The van der Waals surface area contributed by atoms with Gasteiger partial charge >= 0.3 is 0 Å². The van der Waals surface area contributed by atoms with Crippen molar-refractivity contribution in [2.24, 2.45) is 0 Å². The minimum Gasteiger partial charge on any atom is -0.378 e. The number of H-pyrrole nitrogens is 1. The van der Waals surface area contributed by atoms with Gasteiger partial charge in [-0.05, 0) is 44.7 Å². The smallest absolute Gasteiger partial charge is 0.255 e. The molecule has 0 radical (unpaired) electrons. The van der Waals surface area contributed by atoms with Crippen molar-refractivity contribution in [2.45, 2.75) is 38.0 Å². The molecule has 2 saturated heterocycles. The second kappa shape index (κ2) is 7.54. The molecular formula is C23H28N4O3. The second-order valence-electron chi connectivity index (χ2n) is 8.75. The van der Waals surface area contributed by atoms with Crippen molar-refractivity contribution >= 4 is 11.9 Å². The summed E-state index contributed by atoms with van der Waals surface area (Å²) in [5, 5.41) is 0. The number of ether oxygens (including phenoxy) is 1. The molecule has 7 nitrogen and oxygen atoms in total. The van der Waals surface area contributed by atoms with Crippen molar-refractivity contribution in [3.05, 3.63) is 57.0 Å². The largest absolute Gasteiger partial charge is 0.378 e. The summed E-state index contributed by atoms with van der Waals surface area (Å²) in [6, 6.07) is 7.77. The zero-order valence-electron chi connectivity index (χ0n) is 17.4. The average molecular weight is 409 g/mol. The van der Waals surface area contributed by atoms with Crippen LogP contribution in [0.2, 0.25) is 0 Å². The summed E-state index contributed by atoms with van der Waals surface area (Å²) in [5.41, 5.74) is 3.61. The minimum atomic E-state index is -0.0886. The molecule has 0 unspecified atom stereocenters. The molecule has 158 valence electrons. The first-order valence-corrected chi connectivity index (χ1v) is 10.9. The lowest BCUT2D eigenvalue weighted by molar-refractivity contribution is 0.0663. The SMILES string of the molecule is Cc1ccc(C(=O)N2CCC3(CCc4c3nc(N3CCOCC3)[nH]c4=O)CC2)cc1. The normalized spacial score (nSPS) is 20.4. The summed E-state index contributed by atoms with van der Waals surface area (Å²) in [4.78, 5) is 37.7. The molecule has 3 aliphatic rings. The molecule has 2 aromatic rings. The number of piperidine rings is 1. The highest BCUT2D eigenvalue weighted by Crippen LogP contribution is 2.44. The van der Waals surface area contributed by atoms with Gasteiger partial charge in [-0.2, -0.15) is 0 Å². The van der Waals surface area contributed by atoms with Gasteiger partial charge in [0.25, 0.3) is 11.5 Å². The molecule has 30 heavy (non-hydrogen) atoms. The third-order valence-corrected chi connectivity index (χ3v) is 6.98. The predicted molar refractivity (Wildman–Crippen MR) is 114 cm³/mol. The van der Waals surface area contributed by atoms with E-state index in [-0.39, 0.29) is 16.9 Å². The first-order chi connectivity index (χ1) is 14.6. The highest BCUT2D eigenvalue weighted by molar-refractivity contribution is 5.94. The van der Waals surface area contributed by atoms with E-state index in [0.717, 1.165) is 61.2 Å². The van der Waals surface area contributed by atoms with Gasteiger partial charge in [0, 0.05) is 42.7 Å². The number of benzene rings is 1. The van der Waals surface area contributed by atoms with Crippen molar-refractivity contribution in [1.29, 1.82) is 0 Å². The Morgan fingerprint density at radius 2 is 1.77 bits per heavy atom. The van der Waals surface area contributed by atoms with Crippen LogP contribution in [0, 0.1) is 6.92 Å². The lowest BCUT2D eigenvalue weighted by Gasteiger charge is -2.39. The van der Waals surface area contributed by atoms with Gasteiger partial charge in [0.15, 0.2) is 0 Å². The van der Waals surface area contributed by atoms with Crippen LogP contribution in [0.4, 0.5) is 5.95 Å². The van der Waals surface area contributed by atoms with Crippen LogP contribution >= 0.6 is 0 Å². The molecule has 5 rings (SSSR count). The zero-order chi connectivity index (χ0) is 20.7. The summed E-state index contributed by atoms with van der Waals surface area (Å²) < 4.78 is 5.43. The van der Waals surface area contributed by atoms with Crippen LogP contribution in [0.5, 0.6) is 0 Å². The van der Waals surface area contributed by atoms with E-state index in [1.165, 1.54) is 0 Å².